The zero-order valence-electron chi connectivity index (χ0n) is 16.3. The quantitative estimate of drug-likeness (QED) is 0.590. The molecule has 2 aromatic carbocycles. The summed E-state index contributed by atoms with van der Waals surface area (Å²) in [5.74, 6) is 2.01. The SMILES string of the molecule is c1ccc(-c2ncnc(Nc3ccc(OCCCN4CCOCC4)cc3)n2)cc1. The minimum Gasteiger partial charge on any atom is -0.494 e. The van der Waals surface area contributed by atoms with Crippen LogP contribution in [0.1, 0.15) is 6.42 Å². The maximum absolute atomic E-state index is 5.85. The van der Waals surface area contributed by atoms with Crippen molar-refractivity contribution in [3.05, 3.63) is 60.9 Å². The second-order valence-corrected chi connectivity index (χ2v) is 6.80. The lowest BCUT2D eigenvalue weighted by atomic mass is 10.2. The fourth-order valence-electron chi connectivity index (χ4n) is 3.15. The minimum atomic E-state index is 0.512. The largest absolute Gasteiger partial charge is 0.494 e. The van der Waals surface area contributed by atoms with Crippen LogP contribution in [0, 0.1) is 0 Å². The van der Waals surface area contributed by atoms with E-state index >= 15 is 0 Å². The van der Waals surface area contributed by atoms with Crippen molar-refractivity contribution in [3.63, 3.8) is 0 Å². The van der Waals surface area contributed by atoms with Crippen LogP contribution in [0.3, 0.4) is 0 Å². The number of benzene rings is 2. The number of rotatable bonds is 8. The molecule has 1 aromatic heterocycles. The minimum absolute atomic E-state index is 0.512. The molecule has 1 N–H and O–H groups in total. The Morgan fingerprint density at radius 2 is 1.76 bits per heavy atom. The first-order valence-electron chi connectivity index (χ1n) is 9.91. The van der Waals surface area contributed by atoms with E-state index in [2.05, 4.69) is 25.2 Å². The lowest BCUT2D eigenvalue weighted by Crippen LogP contribution is -2.37. The zero-order valence-corrected chi connectivity index (χ0v) is 16.3. The van der Waals surface area contributed by atoms with Gasteiger partial charge < -0.3 is 14.8 Å². The Balaban J connectivity index is 1.27. The summed E-state index contributed by atoms with van der Waals surface area (Å²) < 4.78 is 11.2. The summed E-state index contributed by atoms with van der Waals surface area (Å²) in [6.45, 7) is 5.46. The van der Waals surface area contributed by atoms with Crippen LogP contribution in [0.4, 0.5) is 11.6 Å². The van der Waals surface area contributed by atoms with Crippen LogP contribution in [0.15, 0.2) is 60.9 Å². The number of nitrogens with one attached hydrogen (secondary N) is 1. The van der Waals surface area contributed by atoms with E-state index in [1.165, 1.54) is 6.33 Å². The third-order valence-corrected chi connectivity index (χ3v) is 4.71. The second kappa shape index (κ2) is 9.95. The molecule has 0 spiro atoms. The molecule has 3 aromatic rings. The molecule has 0 saturated carbocycles. The molecule has 0 bridgehead atoms. The van der Waals surface area contributed by atoms with Gasteiger partial charge in [0.05, 0.1) is 19.8 Å². The van der Waals surface area contributed by atoms with Crippen LogP contribution < -0.4 is 10.1 Å². The number of ether oxygens (including phenoxy) is 2. The average molecular weight is 391 g/mol. The van der Waals surface area contributed by atoms with Crippen molar-refractivity contribution in [1.29, 1.82) is 0 Å². The summed E-state index contributed by atoms with van der Waals surface area (Å²) in [5.41, 5.74) is 1.86. The van der Waals surface area contributed by atoms with E-state index in [4.69, 9.17) is 9.47 Å². The Labute approximate surface area is 170 Å². The Morgan fingerprint density at radius 1 is 0.966 bits per heavy atom. The highest BCUT2D eigenvalue weighted by atomic mass is 16.5. The van der Waals surface area contributed by atoms with Gasteiger partial charge in [0.1, 0.15) is 12.1 Å². The van der Waals surface area contributed by atoms with Gasteiger partial charge in [-0.1, -0.05) is 30.3 Å². The van der Waals surface area contributed by atoms with Crippen molar-refractivity contribution < 1.29 is 9.47 Å². The van der Waals surface area contributed by atoms with Gasteiger partial charge in [0.25, 0.3) is 0 Å². The van der Waals surface area contributed by atoms with Gasteiger partial charge in [-0.05, 0) is 30.7 Å². The van der Waals surface area contributed by atoms with Crippen LogP contribution in [0.2, 0.25) is 0 Å². The number of aromatic nitrogens is 3. The second-order valence-electron chi connectivity index (χ2n) is 6.80. The van der Waals surface area contributed by atoms with Crippen molar-refractivity contribution in [2.24, 2.45) is 0 Å². The fraction of sp³-hybridized carbons (Fsp3) is 0.318. The molecule has 4 rings (SSSR count). The third-order valence-electron chi connectivity index (χ3n) is 4.71. The lowest BCUT2D eigenvalue weighted by molar-refractivity contribution is 0.0358. The van der Waals surface area contributed by atoms with E-state index < -0.39 is 0 Å². The molecule has 150 valence electrons. The molecule has 29 heavy (non-hydrogen) atoms. The molecule has 0 amide bonds. The van der Waals surface area contributed by atoms with Crippen molar-refractivity contribution >= 4 is 11.6 Å². The van der Waals surface area contributed by atoms with Crippen LogP contribution in [-0.4, -0.2) is 59.3 Å². The molecule has 7 nitrogen and oxygen atoms in total. The molecular formula is C22H25N5O2. The number of hydrogen-bond acceptors (Lipinski definition) is 7. The summed E-state index contributed by atoms with van der Waals surface area (Å²) in [4.78, 5) is 15.4. The van der Waals surface area contributed by atoms with Crippen molar-refractivity contribution in [3.8, 4) is 17.1 Å². The van der Waals surface area contributed by atoms with Crippen LogP contribution in [0.5, 0.6) is 5.75 Å². The van der Waals surface area contributed by atoms with Crippen LogP contribution >= 0.6 is 0 Å². The topological polar surface area (TPSA) is 72.4 Å². The summed E-state index contributed by atoms with van der Waals surface area (Å²) in [6.07, 6.45) is 2.52. The van der Waals surface area contributed by atoms with Crippen molar-refractivity contribution in [2.45, 2.75) is 6.42 Å². The first-order valence-corrected chi connectivity index (χ1v) is 9.91. The highest BCUT2D eigenvalue weighted by Gasteiger charge is 2.09. The molecular weight excluding hydrogens is 366 g/mol. The van der Waals surface area contributed by atoms with Crippen molar-refractivity contribution in [1.82, 2.24) is 19.9 Å². The lowest BCUT2D eigenvalue weighted by Gasteiger charge is -2.26. The molecule has 1 fully saturated rings. The predicted octanol–water partition coefficient (Wildman–Crippen LogP) is 3.38. The molecule has 2 heterocycles. The van der Waals surface area contributed by atoms with E-state index in [9.17, 15) is 0 Å². The van der Waals surface area contributed by atoms with Gasteiger partial charge in [0, 0.05) is 30.9 Å². The van der Waals surface area contributed by atoms with E-state index in [1.54, 1.807) is 0 Å². The Bertz CT molecular complexity index is 883. The van der Waals surface area contributed by atoms with Gasteiger partial charge in [0.15, 0.2) is 5.82 Å². The number of nitrogens with zero attached hydrogens (tertiary/aromatic N) is 4. The van der Waals surface area contributed by atoms with E-state index in [0.29, 0.717) is 18.4 Å². The molecule has 7 heteroatoms. The van der Waals surface area contributed by atoms with Gasteiger partial charge in [-0.15, -0.1) is 0 Å². The first kappa shape index (κ1) is 19.3. The Morgan fingerprint density at radius 3 is 2.55 bits per heavy atom. The molecule has 0 atom stereocenters. The molecule has 0 unspecified atom stereocenters. The summed E-state index contributed by atoms with van der Waals surface area (Å²) in [7, 11) is 0. The van der Waals surface area contributed by atoms with Gasteiger partial charge in [-0.3, -0.25) is 4.90 Å². The standard InChI is InChI=1S/C22H25N5O2/c1-2-5-18(6-3-1)21-23-17-24-22(26-21)25-19-7-9-20(10-8-19)29-14-4-11-27-12-15-28-16-13-27/h1-3,5-10,17H,4,11-16H2,(H,23,24,25,26). The number of anilines is 2. The molecule has 0 aliphatic carbocycles. The highest BCUT2D eigenvalue weighted by molar-refractivity contribution is 5.59. The average Bonchev–Trinajstić information content (AvgIpc) is 2.79. The predicted molar refractivity (Wildman–Crippen MR) is 112 cm³/mol. The normalized spacial score (nSPS) is 14.5. The Kier molecular flexibility index (Phi) is 6.62. The van der Waals surface area contributed by atoms with Gasteiger partial charge in [-0.2, -0.15) is 4.98 Å². The van der Waals surface area contributed by atoms with Crippen LogP contribution in [0.25, 0.3) is 11.4 Å². The van der Waals surface area contributed by atoms with Gasteiger partial charge in [-0.25, -0.2) is 9.97 Å². The highest BCUT2D eigenvalue weighted by Crippen LogP contribution is 2.20. The van der Waals surface area contributed by atoms with Crippen LogP contribution in [-0.2, 0) is 4.74 Å². The van der Waals surface area contributed by atoms with E-state index in [-0.39, 0.29) is 0 Å². The van der Waals surface area contributed by atoms with Gasteiger partial charge >= 0.3 is 0 Å². The smallest absolute Gasteiger partial charge is 0.230 e. The fourth-order valence-corrected chi connectivity index (χ4v) is 3.15. The molecule has 1 saturated heterocycles. The monoisotopic (exact) mass is 391 g/mol. The van der Waals surface area contributed by atoms with E-state index in [0.717, 1.165) is 56.3 Å². The molecule has 1 aliphatic heterocycles. The summed E-state index contributed by atoms with van der Waals surface area (Å²) in [6, 6.07) is 17.7. The van der Waals surface area contributed by atoms with Gasteiger partial charge in [0.2, 0.25) is 5.95 Å². The maximum Gasteiger partial charge on any atom is 0.230 e. The molecule has 0 radical (unpaired) electrons. The molecule has 1 aliphatic rings. The van der Waals surface area contributed by atoms with E-state index in [1.807, 2.05) is 54.6 Å². The maximum atomic E-state index is 5.85. The number of hydrogen-bond donors (Lipinski definition) is 1. The number of morpholine rings is 1. The van der Waals surface area contributed by atoms with Crippen molar-refractivity contribution in [2.75, 3.05) is 44.8 Å². The summed E-state index contributed by atoms with van der Waals surface area (Å²) in [5, 5.41) is 3.22. The zero-order chi connectivity index (χ0) is 19.7. The third kappa shape index (κ3) is 5.73. The Hall–Kier alpha value is -3.03. The summed E-state index contributed by atoms with van der Waals surface area (Å²) >= 11 is 0. The first-order chi connectivity index (χ1) is 14.4.